The fourth-order valence-electron chi connectivity index (χ4n) is 3.38. The lowest BCUT2D eigenvalue weighted by atomic mass is 10.2. The van der Waals surface area contributed by atoms with Crippen LogP contribution in [0, 0.1) is 6.92 Å². The molecule has 0 aliphatic rings. The topological polar surface area (TPSA) is 89.8 Å². The van der Waals surface area contributed by atoms with Gasteiger partial charge in [-0.3, -0.25) is 4.79 Å². The molecule has 1 aromatic heterocycles. The average molecular weight is 526 g/mol. The first-order valence-electron chi connectivity index (χ1n) is 9.90. The van der Waals surface area contributed by atoms with Crippen LogP contribution in [-0.2, 0) is 10.0 Å². The maximum absolute atomic E-state index is 13.3. The van der Waals surface area contributed by atoms with Gasteiger partial charge in [-0.2, -0.15) is 5.10 Å². The Hall–Kier alpha value is -3.43. The third kappa shape index (κ3) is 4.55. The molecule has 7 nitrogen and oxygen atoms in total. The van der Waals surface area contributed by atoms with Gasteiger partial charge >= 0.3 is 0 Å². The molecule has 0 spiro atoms. The van der Waals surface area contributed by atoms with E-state index in [4.69, 9.17) is 4.74 Å². The standard InChI is InChI=1S/C24H20BrN3O4S/c1-16-7-10-19(11-8-16)33(30,31)28-15-17(20-5-3-4-6-22(20)28)14-26-27-24(29)21-13-18(25)9-12-23(21)32-2/h3-15H,1-2H3,(H,27,29). The van der Waals surface area contributed by atoms with Crippen LogP contribution < -0.4 is 10.2 Å². The monoisotopic (exact) mass is 525 g/mol. The van der Waals surface area contributed by atoms with Gasteiger partial charge in [-0.15, -0.1) is 0 Å². The minimum atomic E-state index is -3.81. The SMILES string of the molecule is COc1ccc(Br)cc1C(=O)NN=Cc1cn(S(=O)(=O)c2ccc(C)cc2)c2ccccc12. The number of methoxy groups -OCH3 is 1. The summed E-state index contributed by atoms with van der Waals surface area (Å²) in [5, 5.41) is 4.74. The average Bonchev–Trinajstić information content (AvgIpc) is 3.19. The highest BCUT2D eigenvalue weighted by Gasteiger charge is 2.20. The molecule has 0 saturated heterocycles. The maximum atomic E-state index is 13.3. The number of nitrogens with zero attached hydrogens (tertiary/aromatic N) is 2. The van der Waals surface area contributed by atoms with Gasteiger partial charge in [0.2, 0.25) is 0 Å². The molecule has 4 rings (SSSR count). The number of hydrogen-bond donors (Lipinski definition) is 1. The Morgan fingerprint density at radius 2 is 1.82 bits per heavy atom. The van der Waals surface area contributed by atoms with Crippen molar-refractivity contribution in [2.45, 2.75) is 11.8 Å². The predicted molar refractivity (Wildman–Crippen MR) is 131 cm³/mol. The number of carbonyl (C=O) groups is 1. The molecule has 0 fully saturated rings. The van der Waals surface area contributed by atoms with Crippen molar-refractivity contribution < 1.29 is 17.9 Å². The Morgan fingerprint density at radius 1 is 1.09 bits per heavy atom. The van der Waals surface area contributed by atoms with Crippen LogP contribution in [0.2, 0.25) is 0 Å². The van der Waals surface area contributed by atoms with E-state index in [1.54, 1.807) is 60.7 Å². The summed E-state index contributed by atoms with van der Waals surface area (Å²) in [7, 11) is -2.33. The number of benzene rings is 3. The lowest BCUT2D eigenvalue weighted by Gasteiger charge is -2.07. The van der Waals surface area contributed by atoms with Gasteiger partial charge in [0, 0.05) is 21.6 Å². The first-order chi connectivity index (χ1) is 15.8. The molecular formula is C24H20BrN3O4S. The third-order valence-corrected chi connectivity index (χ3v) is 7.24. The molecule has 1 amide bonds. The first-order valence-corrected chi connectivity index (χ1v) is 12.1. The van der Waals surface area contributed by atoms with Gasteiger partial charge < -0.3 is 4.74 Å². The fraction of sp³-hybridized carbons (Fsp3) is 0.0833. The number of rotatable bonds is 6. The summed E-state index contributed by atoms with van der Waals surface area (Å²) < 4.78 is 33.7. The summed E-state index contributed by atoms with van der Waals surface area (Å²) >= 11 is 3.34. The second-order valence-corrected chi connectivity index (χ2v) is 9.99. The molecule has 0 bridgehead atoms. The van der Waals surface area contributed by atoms with Gasteiger partial charge in [-0.1, -0.05) is 51.8 Å². The number of carbonyl (C=O) groups excluding carboxylic acids is 1. The van der Waals surface area contributed by atoms with E-state index in [0.717, 1.165) is 10.0 Å². The van der Waals surface area contributed by atoms with Crippen molar-refractivity contribution in [2.75, 3.05) is 7.11 Å². The van der Waals surface area contributed by atoms with Crippen molar-refractivity contribution in [3.63, 3.8) is 0 Å². The number of ether oxygens (including phenoxy) is 1. The van der Waals surface area contributed by atoms with Crippen molar-refractivity contribution >= 4 is 49.0 Å². The number of aromatic nitrogens is 1. The minimum absolute atomic E-state index is 0.187. The molecule has 168 valence electrons. The number of hydrogen-bond acceptors (Lipinski definition) is 5. The minimum Gasteiger partial charge on any atom is -0.496 e. The van der Waals surface area contributed by atoms with Crippen molar-refractivity contribution in [3.05, 3.63) is 94.1 Å². The third-order valence-electron chi connectivity index (χ3n) is 5.06. The Labute approximate surface area is 199 Å². The van der Waals surface area contributed by atoms with E-state index in [1.165, 1.54) is 23.5 Å². The first kappa shape index (κ1) is 22.8. The smallest absolute Gasteiger partial charge is 0.275 e. The van der Waals surface area contributed by atoms with Crippen LogP contribution >= 0.6 is 15.9 Å². The number of nitrogens with one attached hydrogen (secondary N) is 1. The van der Waals surface area contributed by atoms with Crippen molar-refractivity contribution in [1.29, 1.82) is 0 Å². The number of halogens is 1. The summed E-state index contributed by atoms with van der Waals surface area (Å²) in [4.78, 5) is 12.8. The van der Waals surface area contributed by atoms with Gasteiger partial charge in [0.25, 0.3) is 15.9 Å². The normalized spacial score (nSPS) is 11.7. The lowest BCUT2D eigenvalue weighted by molar-refractivity contribution is 0.0952. The number of hydrazone groups is 1. The number of aryl methyl sites for hydroxylation is 1. The number of para-hydroxylation sites is 1. The molecule has 0 atom stereocenters. The maximum Gasteiger partial charge on any atom is 0.275 e. The van der Waals surface area contributed by atoms with Gasteiger partial charge in [-0.05, 0) is 43.3 Å². The van der Waals surface area contributed by atoms with Crippen molar-refractivity contribution in [3.8, 4) is 5.75 Å². The zero-order valence-corrected chi connectivity index (χ0v) is 20.2. The Morgan fingerprint density at radius 3 is 2.55 bits per heavy atom. The number of amides is 1. The van der Waals surface area contributed by atoms with Crippen LogP contribution in [0.5, 0.6) is 5.75 Å². The second kappa shape index (κ2) is 9.21. The molecule has 0 radical (unpaired) electrons. The summed E-state index contributed by atoms with van der Waals surface area (Å²) in [6, 6.07) is 18.9. The Bertz CT molecular complexity index is 1480. The summed E-state index contributed by atoms with van der Waals surface area (Å²) in [5.41, 5.74) is 4.81. The molecule has 0 aliphatic carbocycles. The Kier molecular flexibility index (Phi) is 6.35. The van der Waals surface area contributed by atoms with Crippen LogP contribution in [0.4, 0.5) is 0 Å². The van der Waals surface area contributed by atoms with Crippen LogP contribution in [0.25, 0.3) is 10.9 Å². The van der Waals surface area contributed by atoms with Crippen LogP contribution in [0.3, 0.4) is 0 Å². The summed E-state index contributed by atoms with van der Waals surface area (Å²) in [6.07, 6.45) is 2.92. The molecule has 0 saturated carbocycles. The molecular weight excluding hydrogens is 506 g/mol. The van der Waals surface area contributed by atoms with Gasteiger partial charge in [0.15, 0.2) is 0 Å². The molecule has 1 N–H and O–H groups in total. The van der Waals surface area contributed by atoms with Crippen molar-refractivity contribution in [1.82, 2.24) is 9.40 Å². The predicted octanol–water partition coefficient (Wildman–Crippen LogP) is 4.72. The van der Waals surface area contributed by atoms with E-state index in [1.807, 2.05) is 13.0 Å². The zero-order valence-electron chi connectivity index (χ0n) is 17.8. The highest BCUT2D eigenvalue weighted by Crippen LogP contribution is 2.26. The van der Waals surface area contributed by atoms with Crippen LogP contribution in [0.1, 0.15) is 21.5 Å². The van der Waals surface area contributed by atoms with E-state index in [0.29, 0.717) is 27.8 Å². The molecule has 9 heteroatoms. The largest absolute Gasteiger partial charge is 0.496 e. The number of fused-ring (bicyclic) bond motifs is 1. The molecule has 0 unspecified atom stereocenters. The van der Waals surface area contributed by atoms with Gasteiger partial charge in [-0.25, -0.2) is 17.8 Å². The zero-order chi connectivity index (χ0) is 23.6. The molecule has 0 aliphatic heterocycles. The highest BCUT2D eigenvalue weighted by atomic mass is 79.9. The summed E-state index contributed by atoms with van der Waals surface area (Å²) in [5.74, 6) is -0.0490. The van der Waals surface area contributed by atoms with Gasteiger partial charge in [0.05, 0.1) is 29.3 Å². The molecule has 4 aromatic rings. The fourth-order valence-corrected chi connectivity index (χ4v) is 5.12. The molecule has 3 aromatic carbocycles. The lowest BCUT2D eigenvalue weighted by Crippen LogP contribution is -2.18. The Balaban J connectivity index is 1.67. The summed E-state index contributed by atoms with van der Waals surface area (Å²) in [6.45, 7) is 1.90. The second-order valence-electron chi connectivity index (χ2n) is 7.26. The van der Waals surface area contributed by atoms with Crippen molar-refractivity contribution in [2.24, 2.45) is 5.10 Å². The van der Waals surface area contributed by atoms with E-state index < -0.39 is 15.9 Å². The van der Waals surface area contributed by atoms with E-state index in [2.05, 4.69) is 26.5 Å². The van der Waals surface area contributed by atoms with E-state index >= 15 is 0 Å². The van der Waals surface area contributed by atoms with Crippen LogP contribution in [0.15, 0.2) is 87.4 Å². The highest BCUT2D eigenvalue weighted by molar-refractivity contribution is 9.10. The molecule has 1 heterocycles. The van der Waals surface area contributed by atoms with Gasteiger partial charge in [0.1, 0.15) is 5.75 Å². The molecule has 33 heavy (non-hydrogen) atoms. The quantitative estimate of drug-likeness (QED) is 0.291. The van der Waals surface area contributed by atoms with E-state index in [9.17, 15) is 13.2 Å². The van der Waals surface area contributed by atoms with E-state index in [-0.39, 0.29) is 4.90 Å². The van der Waals surface area contributed by atoms with Crippen LogP contribution in [-0.4, -0.2) is 31.6 Å².